The fourth-order valence-corrected chi connectivity index (χ4v) is 3.23. The Morgan fingerprint density at radius 2 is 1.96 bits per heavy atom. The number of hydrogen-bond acceptors (Lipinski definition) is 5. The summed E-state index contributed by atoms with van der Waals surface area (Å²) in [5, 5.41) is 11.8. The van der Waals surface area contributed by atoms with Crippen LogP contribution in [0.3, 0.4) is 0 Å². The van der Waals surface area contributed by atoms with Crippen molar-refractivity contribution < 1.29 is 24.2 Å². The molecule has 0 bridgehead atoms. The van der Waals surface area contributed by atoms with Crippen molar-refractivity contribution in [2.45, 2.75) is 32.7 Å². The second-order valence-electron chi connectivity index (χ2n) is 7.22. The summed E-state index contributed by atoms with van der Waals surface area (Å²) in [5.74, 6) is -1.71. The van der Waals surface area contributed by atoms with E-state index in [1.807, 2.05) is 13.8 Å². The average molecular weight is 355 g/mol. The number of morpholine rings is 1. The van der Waals surface area contributed by atoms with Crippen LogP contribution in [0.4, 0.5) is 0 Å². The molecule has 2 saturated heterocycles. The molecule has 0 radical (unpaired) electrons. The molecule has 0 aromatic carbocycles. The SMILES string of the molecule is CC(C)CC(NC(=O)C1CC(=O)N(CCN2CCOCC2)C1)C(=O)O. The molecule has 2 rings (SSSR count). The van der Waals surface area contributed by atoms with Gasteiger partial charge in [0.2, 0.25) is 11.8 Å². The van der Waals surface area contributed by atoms with Gasteiger partial charge in [0.15, 0.2) is 0 Å². The van der Waals surface area contributed by atoms with Gasteiger partial charge >= 0.3 is 5.97 Å². The fraction of sp³-hybridized carbons (Fsp3) is 0.824. The van der Waals surface area contributed by atoms with Crippen LogP contribution in [0, 0.1) is 11.8 Å². The highest BCUT2D eigenvalue weighted by atomic mass is 16.5. The zero-order valence-electron chi connectivity index (χ0n) is 15.1. The molecule has 8 nitrogen and oxygen atoms in total. The molecule has 0 aromatic heterocycles. The maximum atomic E-state index is 12.4. The maximum Gasteiger partial charge on any atom is 0.326 e. The molecule has 2 unspecified atom stereocenters. The zero-order chi connectivity index (χ0) is 18.4. The molecule has 0 aliphatic carbocycles. The molecule has 2 aliphatic rings. The number of likely N-dealkylation sites (tertiary alicyclic amines) is 1. The summed E-state index contributed by atoms with van der Waals surface area (Å²) in [6.07, 6.45) is 0.533. The van der Waals surface area contributed by atoms with Crippen LogP contribution in [-0.2, 0) is 19.1 Å². The van der Waals surface area contributed by atoms with Gasteiger partial charge in [-0.1, -0.05) is 13.8 Å². The van der Waals surface area contributed by atoms with Crippen LogP contribution in [0.2, 0.25) is 0 Å². The van der Waals surface area contributed by atoms with Crippen LogP contribution >= 0.6 is 0 Å². The van der Waals surface area contributed by atoms with E-state index in [1.54, 1.807) is 4.90 Å². The Balaban J connectivity index is 1.81. The number of nitrogens with zero attached hydrogens (tertiary/aromatic N) is 2. The predicted molar refractivity (Wildman–Crippen MR) is 91.0 cm³/mol. The summed E-state index contributed by atoms with van der Waals surface area (Å²) >= 11 is 0. The number of carboxylic acids is 1. The van der Waals surface area contributed by atoms with E-state index in [-0.39, 0.29) is 24.2 Å². The van der Waals surface area contributed by atoms with Gasteiger partial charge in [-0.05, 0) is 12.3 Å². The topological polar surface area (TPSA) is 99.2 Å². The van der Waals surface area contributed by atoms with Crippen molar-refractivity contribution in [3.05, 3.63) is 0 Å². The van der Waals surface area contributed by atoms with Crippen LogP contribution in [0.1, 0.15) is 26.7 Å². The first kappa shape index (κ1) is 19.7. The molecule has 8 heteroatoms. The molecule has 2 atom stereocenters. The summed E-state index contributed by atoms with van der Waals surface area (Å²) in [6.45, 7) is 8.71. The van der Waals surface area contributed by atoms with E-state index in [1.165, 1.54) is 0 Å². The number of rotatable bonds is 8. The Bertz CT molecular complexity index is 491. The van der Waals surface area contributed by atoms with Gasteiger partial charge in [0.05, 0.1) is 19.1 Å². The molecule has 2 aliphatic heterocycles. The smallest absolute Gasteiger partial charge is 0.326 e. The average Bonchev–Trinajstić information content (AvgIpc) is 2.94. The Hall–Kier alpha value is -1.67. The van der Waals surface area contributed by atoms with Crippen molar-refractivity contribution in [1.82, 2.24) is 15.1 Å². The number of aliphatic carboxylic acids is 1. The monoisotopic (exact) mass is 355 g/mol. The van der Waals surface area contributed by atoms with E-state index < -0.39 is 17.9 Å². The van der Waals surface area contributed by atoms with Crippen LogP contribution in [0.25, 0.3) is 0 Å². The molecule has 2 amide bonds. The lowest BCUT2D eigenvalue weighted by molar-refractivity contribution is -0.142. The van der Waals surface area contributed by atoms with Crippen LogP contribution in [-0.4, -0.2) is 84.7 Å². The molecule has 2 heterocycles. The first-order chi connectivity index (χ1) is 11.9. The highest BCUT2D eigenvalue weighted by Gasteiger charge is 2.36. The van der Waals surface area contributed by atoms with Crippen molar-refractivity contribution >= 4 is 17.8 Å². The third kappa shape index (κ3) is 5.97. The van der Waals surface area contributed by atoms with E-state index in [4.69, 9.17) is 4.74 Å². The lowest BCUT2D eigenvalue weighted by Gasteiger charge is -2.28. The van der Waals surface area contributed by atoms with E-state index in [2.05, 4.69) is 10.2 Å². The standard InChI is InChI=1S/C17H29N3O5/c1-12(2)9-14(17(23)24)18-16(22)13-10-15(21)20(11-13)4-3-19-5-7-25-8-6-19/h12-14H,3-11H2,1-2H3,(H,18,22)(H,23,24). The van der Waals surface area contributed by atoms with Gasteiger partial charge in [-0.3, -0.25) is 14.5 Å². The van der Waals surface area contributed by atoms with Crippen LogP contribution < -0.4 is 5.32 Å². The third-order valence-electron chi connectivity index (χ3n) is 4.70. The van der Waals surface area contributed by atoms with Crippen LogP contribution in [0.5, 0.6) is 0 Å². The van der Waals surface area contributed by atoms with Gasteiger partial charge in [-0.2, -0.15) is 0 Å². The molecule has 0 saturated carbocycles. The summed E-state index contributed by atoms with van der Waals surface area (Å²) in [4.78, 5) is 39.7. The number of carbonyl (C=O) groups excluding carboxylic acids is 2. The molecular formula is C17H29N3O5. The minimum Gasteiger partial charge on any atom is -0.480 e. The van der Waals surface area contributed by atoms with Gasteiger partial charge in [-0.25, -0.2) is 4.79 Å². The largest absolute Gasteiger partial charge is 0.480 e. The minimum absolute atomic E-state index is 0.0378. The summed E-state index contributed by atoms with van der Waals surface area (Å²) < 4.78 is 5.30. The first-order valence-electron chi connectivity index (χ1n) is 8.98. The van der Waals surface area contributed by atoms with Crippen molar-refractivity contribution in [1.29, 1.82) is 0 Å². The number of hydrogen-bond donors (Lipinski definition) is 2. The van der Waals surface area contributed by atoms with Crippen LogP contribution in [0.15, 0.2) is 0 Å². The summed E-state index contributed by atoms with van der Waals surface area (Å²) in [7, 11) is 0. The Morgan fingerprint density at radius 3 is 2.56 bits per heavy atom. The van der Waals surface area contributed by atoms with E-state index >= 15 is 0 Å². The third-order valence-corrected chi connectivity index (χ3v) is 4.70. The molecule has 142 valence electrons. The number of carbonyl (C=O) groups is 3. The highest BCUT2D eigenvalue weighted by molar-refractivity contribution is 5.91. The lowest BCUT2D eigenvalue weighted by atomic mass is 10.0. The molecule has 25 heavy (non-hydrogen) atoms. The van der Waals surface area contributed by atoms with Crippen molar-refractivity contribution in [2.24, 2.45) is 11.8 Å². The minimum atomic E-state index is -1.03. The molecule has 2 fully saturated rings. The quantitative estimate of drug-likeness (QED) is 0.625. The van der Waals surface area contributed by atoms with Gasteiger partial charge < -0.3 is 20.1 Å². The number of nitrogens with one attached hydrogen (secondary N) is 1. The second kappa shape index (κ2) is 9.15. The Kier molecular flexibility index (Phi) is 7.19. The van der Waals surface area contributed by atoms with Gasteiger partial charge in [0.25, 0.3) is 0 Å². The van der Waals surface area contributed by atoms with E-state index in [9.17, 15) is 19.5 Å². The fourth-order valence-electron chi connectivity index (χ4n) is 3.23. The molecule has 0 aromatic rings. The Morgan fingerprint density at radius 1 is 1.28 bits per heavy atom. The molecule has 0 spiro atoms. The molecular weight excluding hydrogens is 326 g/mol. The maximum absolute atomic E-state index is 12.4. The predicted octanol–water partition coefficient (Wildman–Crippen LogP) is -0.217. The van der Waals surface area contributed by atoms with Gasteiger partial charge in [-0.15, -0.1) is 0 Å². The van der Waals surface area contributed by atoms with Gasteiger partial charge in [0.1, 0.15) is 6.04 Å². The van der Waals surface area contributed by atoms with Crippen molar-refractivity contribution in [2.75, 3.05) is 45.9 Å². The second-order valence-corrected chi connectivity index (χ2v) is 7.22. The zero-order valence-corrected chi connectivity index (χ0v) is 15.1. The normalized spacial score (nSPS) is 23.1. The molecule has 2 N–H and O–H groups in total. The number of amides is 2. The summed E-state index contributed by atoms with van der Waals surface area (Å²) in [6, 6.07) is -0.898. The van der Waals surface area contributed by atoms with Gasteiger partial charge in [0, 0.05) is 39.1 Å². The van der Waals surface area contributed by atoms with E-state index in [0.29, 0.717) is 32.7 Å². The van der Waals surface area contributed by atoms with Crippen molar-refractivity contribution in [3.8, 4) is 0 Å². The van der Waals surface area contributed by atoms with Crippen molar-refractivity contribution in [3.63, 3.8) is 0 Å². The lowest BCUT2D eigenvalue weighted by Crippen LogP contribution is -2.45. The highest BCUT2D eigenvalue weighted by Crippen LogP contribution is 2.18. The summed E-state index contributed by atoms with van der Waals surface area (Å²) in [5.41, 5.74) is 0. The van der Waals surface area contributed by atoms with E-state index in [0.717, 1.165) is 19.6 Å². The Labute approximate surface area is 148 Å². The number of carboxylic acid groups (broad SMARTS) is 1. The first-order valence-corrected chi connectivity index (χ1v) is 8.98. The number of ether oxygens (including phenoxy) is 1.